The molecule has 0 aliphatic carbocycles. The van der Waals surface area contributed by atoms with Gasteiger partial charge >= 0.3 is 0 Å². The lowest BCUT2D eigenvalue weighted by molar-refractivity contribution is -0.893. The van der Waals surface area contributed by atoms with Crippen LogP contribution in [0.15, 0.2) is 0 Å². The summed E-state index contributed by atoms with van der Waals surface area (Å²) >= 11 is 0. The number of nitrogens with zero attached hydrogens (tertiary/aromatic N) is 1. The number of aliphatic hydroxyl groups is 1. The zero-order valence-corrected chi connectivity index (χ0v) is 17.2. The van der Waals surface area contributed by atoms with Gasteiger partial charge in [-0.2, -0.15) is 0 Å². The fourth-order valence-electron chi connectivity index (χ4n) is 3.64. The van der Waals surface area contributed by atoms with Gasteiger partial charge in [-0.15, -0.1) is 0 Å². The van der Waals surface area contributed by atoms with E-state index in [-0.39, 0.29) is 19.0 Å². The Balaban J connectivity index is 1.91. The van der Waals surface area contributed by atoms with E-state index in [0.717, 1.165) is 24.0 Å². The van der Waals surface area contributed by atoms with E-state index in [1.807, 2.05) is 0 Å². The summed E-state index contributed by atoms with van der Waals surface area (Å²) in [6, 6.07) is 0. The summed E-state index contributed by atoms with van der Waals surface area (Å²) in [5.41, 5.74) is 0. The Hall–Kier alpha value is -0.160. The molecule has 1 heterocycles. The number of hydrogen-bond acceptors (Lipinski definition) is 3. The minimum absolute atomic E-state index is 0.00214. The van der Waals surface area contributed by atoms with Crippen LogP contribution in [-0.2, 0) is 9.47 Å². The third kappa shape index (κ3) is 12.0. The fraction of sp³-hybridized carbons (Fsp3) is 1.00. The van der Waals surface area contributed by atoms with E-state index in [0.29, 0.717) is 6.61 Å². The molecule has 1 saturated heterocycles. The van der Waals surface area contributed by atoms with Gasteiger partial charge in [-0.05, 0) is 12.8 Å². The predicted molar refractivity (Wildman–Crippen MR) is 105 cm³/mol. The van der Waals surface area contributed by atoms with Crippen molar-refractivity contribution in [2.24, 2.45) is 0 Å². The van der Waals surface area contributed by atoms with Gasteiger partial charge < -0.3 is 19.1 Å². The summed E-state index contributed by atoms with van der Waals surface area (Å²) < 4.78 is 12.6. The van der Waals surface area contributed by atoms with Crippen molar-refractivity contribution in [1.29, 1.82) is 0 Å². The lowest BCUT2D eigenvalue weighted by Crippen LogP contribution is -2.47. The summed E-state index contributed by atoms with van der Waals surface area (Å²) in [7, 11) is 4.27. The third-order valence-corrected chi connectivity index (χ3v) is 5.26. The fourth-order valence-corrected chi connectivity index (χ4v) is 3.64. The largest absolute Gasteiger partial charge is 0.391 e. The van der Waals surface area contributed by atoms with Crippen LogP contribution < -0.4 is 0 Å². The zero-order chi connectivity index (χ0) is 18.4. The Morgan fingerprint density at radius 3 is 2.00 bits per heavy atom. The maximum Gasteiger partial charge on any atom is 0.158 e. The Kier molecular flexibility index (Phi) is 12.8. The van der Waals surface area contributed by atoms with Gasteiger partial charge in [0.25, 0.3) is 0 Å². The van der Waals surface area contributed by atoms with Gasteiger partial charge in [0.1, 0.15) is 19.2 Å². The number of likely N-dealkylation sites (N-methyl/N-ethyl adjacent to an activating group) is 1. The van der Waals surface area contributed by atoms with Gasteiger partial charge in [-0.25, -0.2) is 0 Å². The van der Waals surface area contributed by atoms with Crippen molar-refractivity contribution in [3.63, 3.8) is 0 Å². The molecule has 4 heteroatoms. The van der Waals surface area contributed by atoms with Crippen LogP contribution in [0.5, 0.6) is 0 Å². The first-order valence-electron chi connectivity index (χ1n) is 10.8. The number of ether oxygens (including phenoxy) is 2. The van der Waals surface area contributed by atoms with Crippen molar-refractivity contribution in [1.82, 2.24) is 0 Å². The molecule has 1 fully saturated rings. The molecule has 2 atom stereocenters. The van der Waals surface area contributed by atoms with Crippen LogP contribution in [0.4, 0.5) is 0 Å². The smallest absolute Gasteiger partial charge is 0.158 e. The Bertz CT molecular complexity index is 310. The lowest BCUT2D eigenvalue weighted by Gasteiger charge is -2.30. The van der Waals surface area contributed by atoms with Crippen LogP contribution >= 0.6 is 0 Å². The molecular formula is C21H44NO3+. The average molecular weight is 359 g/mol. The first-order valence-corrected chi connectivity index (χ1v) is 10.8. The maximum absolute atomic E-state index is 9.11. The van der Waals surface area contributed by atoms with Crippen LogP contribution in [-0.4, -0.2) is 62.4 Å². The number of hydrogen-bond donors (Lipinski definition) is 1. The second-order valence-electron chi connectivity index (χ2n) is 8.41. The molecule has 0 amide bonds. The molecule has 0 unspecified atom stereocenters. The molecule has 0 aromatic heterocycles. The van der Waals surface area contributed by atoms with Gasteiger partial charge in [-0.3, -0.25) is 0 Å². The average Bonchev–Trinajstić information content (AvgIpc) is 2.99. The predicted octanol–water partition coefficient (Wildman–Crippen LogP) is 4.50. The van der Waals surface area contributed by atoms with E-state index in [4.69, 9.17) is 14.6 Å². The third-order valence-electron chi connectivity index (χ3n) is 5.26. The summed E-state index contributed by atoms with van der Waals surface area (Å²) in [4.78, 5) is 0. The number of unbranched alkanes of at least 4 members (excludes halogenated alkanes) is 10. The minimum atomic E-state index is -0.00214. The number of quaternary nitrogens is 1. The molecule has 1 aliphatic heterocycles. The molecular weight excluding hydrogens is 314 g/mol. The van der Waals surface area contributed by atoms with Crippen LogP contribution in [0.2, 0.25) is 0 Å². The molecule has 0 saturated carbocycles. The summed E-state index contributed by atoms with van der Waals surface area (Å²) in [5.74, 6) is 0. The quantitative estimate of drug-likeness (QED) is 0.326. The highest BCUT2D eigenvalue weighted by Gasteiger charge is 2.31. The second-order valence-corrected chi connectivity index (χ2v) is 8.41. The molecule has 1 aliphatic rings. The van der Waals surface area contributed by atoms with Gasteiger partial charge in [0.15, 0.2) is 6.29 Å². The van der Waals surface area contributed by atoms with Crippen molar-refractivity contribution in [3.8, 4) is 0 Å². The van der Waals surface area contributed by atoms with Crippen LogP contribution in [0, 0.1) is 0 Å². The van der Waals surface area contributed by atoms with E-state index in [9.17, 15) is 0 Å². The number of aliphatic hydroxyl groups excluding tert-OH is 1. The number of rotatable bonds is 16. The van der Waals surface area contributed by atoms with Gasteiger partial charge in [0.05, 0.1) is 27.3 Å². The van der Waals surface area contributed by atoms with Crippen LogP contribution in [0.1, 0.15) is 84.0 Å². The molecule has 0 spiro atoms. The van der Waals surface area contributed by atoms with Gasteiger partial charge in [0, 0.05) is 0 Å². The lowest BCUT2D eigenvalue weighted by atomic mass is 10.1. The van der Waals surface area contributed by atoms with Gasteiger partial charge in [0.2, 0.25) is 0 Å². The molecule has 0 aromatic rings. The standard InChI is InChI=1S/C21H44NO3/c1-4-5-6-7-8-9-10-11-12-13-14-15-21-24-19-20(25-21)18-22(2,3)16-17-23/h20-21,23H,4-19H2,1-3H3/q+1/t20-,21+/m0/s1. The molecule has 25 heavy (non-hydrogen) atoms. The molecule has 0 radical (unpaired) electrons. The summed E-state index contributed by atoms with van der Waals surface area (Å²) in [6.45, 7) is 4.89. The molecule has 1 N–H and O–H groups in total. The first kappa shape index (κ1) is 22.9. The zero-order valence-electron chi connectivity index (χ0n) is 17.2. The van der Waals surface area contributed by atoms with E-state index in [1.165, 1.54) is 70.6 Å². The topological polar surface area (TPSA) is 38.7 Å². The van der Waals surface area contributed by atoms with Crippen molar-refractivity contribution < 1.29 is 19.1 Å². The first-order chi connectivity index (χ1) is 12.1. The van der Waals surface area contributed by atoms with Crippen molar-refractivity contribution >= 4 is 0 Å². The molecule has 0 bridgehead atoms. The SMILES string of the molecule is CCCCCCCCCCCCC[C@@H]1OC[C@H](C[N+](C)(C)CCO)O1. The molecule has 4 nitrogen and oxygen atoms in total. The highest BCUT2D eigenvalue weighted by atomic mass is 16.7. The summed E-state index contributed by atoms with van der Waals surface area (Å²) in [5, 5.41) is 9.11. The highest BCUT2D eigenvalue weighted by Crippen LogP contribution is 2.20. The molecule has 0 aromatic carbocycles. The molecule has 1 rings (SSSR count). The Morgan fingerprint density at radius 1 is 0.880 bits per heavy atom. The van der Waals surface area contributed by atoms with E-state index in [1.54, 1.807) is 0 Å². The Morgan fingerprint density at radius 2 is 1.44 bits per heavy atom. The summed E-state index contributed by atoms with van der Waals surface area (Å²) in [6.07, 6.45) is 16.3. The van der Waals surface area contributed by atoms with E-state index < -0.39 is 0 Å². The van der Waals surface area contributed by atoms with Gasteiger partial charge in [-0.1, -0.05) is 71.1 Å². The normalized spacial score (nSPS) is 21.1. The van der Waals surface area contributed by atoms with Crippen LogP contribution in [0.25, 0.3) is 0 Å². The second kappa shape index (κ2) is 14.0. The monoisotopic (exact) mass is 358 g/mol. The highest BCUT2D eigenvalue weighted by molar-refractivity contribution is 4.65. The molecule has 150 valence electrons. The van der Waals surface area contributed by atoms with Crippen molar-refractivity contribution in [2.45, 2.75) is 96.4 Å². The maximum atomic E-state index is 9.11. The van der Waals surface area contributed by atoms with Crippen molar-refractivity contribution in [2.75, 3.05) is 40.4 Å². The van der Waals surface area contributed by atoms with Crippen LogP contribution in [0.3, 0.4) is 0 Å². The van der Waals surface area contributed by atoms with E-state index >= 15 is 0 Å². The minimum Gasteiger partial charge on any atom is -0.391 e. The van der Waals surface area contributed by atoms with Crippen molar-refractivity contribution in [3.05, 3.63) is 0 Å². The Labute approximate surface area is 156 Å². The van der Waals surface area contributed by atoms with E-state index in [2.05, 4.69) is 21.0 Å².